The van der Waals surface area contributed by atoms with Crippen LogP contribution in [0.2, 0.25) is 0 Å². The van der Waals surface area contributed by atoms with E-state index in [0.717, 1.165) is 6.42 Å². The van der Waals surface area contributed by atoms with Crippen LogP contribution in [0, 0.1) is 17.2 Å². The van der Waals surface area contributed by atoms with Crippen molar-refractivity contribution in [3.05, 3.63) is 59.3 Å². The molecule has 2 aromatic rings. The number of amides is 2. The molecule has 0 saturated heterocycles. The summed E-state index contributed by atoms with van der Waals surface area (Å²) in [5.74, 6) is 1.43. The number of anilines is 1. The summed E-state index contributed by atoms with van der Waals surface area (Å²) in [6, 6.07) is 13.7. The molecule has 2 amide bonds. The van der Waals surface area contributed by atoms with Gasteiger partial charge in [0.2, 0.25) is 0 Å². The number of carbonyl (C=O) groups excluding carboxylic acids is 1. The minimum Gasteiger partial charge on any atom is -0.334 e. The molecule has 1 saturated carbocycles. The second-order valence-corrected chi connectivity index (χ2v) is 5.76. The molecule has 0 spiro atoms. The van der Waals surface area contributed by atoms with Gasteiger partial charge in [-0.1, -0.05) is 24.3 Å². The summed E-state index contributed by atoms with van der Waals surface area (Å²) in [6.45, 7) is 0. The number of hydrogen-bond donors (Lipinski definition) is 2. The normalized spacial score (nSPS) is 23.9. The first-order chi connectivity index (χ1) is 10.8. The Hall–Kier alpha value is -2.87. The van der Waals surface area contributed by atoms with E-state index in [2.05, 4.69) is 39.9 Å². The van der Waals surface area contributed by atoms with Gasteiger partial charge in [0.15, 0.2) is 0 Å². The summed E-state index contributed by atoms with van der Waals surface area (Å²) in [4.78, 5) is 16.1. The van der Waals surface area contributed by atoms with Crippen molar-refractivity contribution in [3.8, 4) is 6.07 Å². The van der Waals surface area contributed by atoms with Gasteiger partial charge in [-0.05, 0) is 35.6 Å². The minimum atomic E-state index is -0.242. The number of rotatable bonds is 2. The maximum Gasteiger partial charge on any atom is 0.320 e. The predicted molar refractivity (Wildman–Crippen MR) is 81.3 cm³/mol. The Kier molecular flexibility index (Phi) is 2.83. The third kappa shape index (κ3) is 2.09. The number of urea groups is 1. The Bertz CT molecular complexity index is 778. The highest BCUT2D eigenvalue weighted by atomic mass is 16.2. The van der Waals surface area contributed by atoms with Crippen molar-refractivity contribution in [3.63, 3.8) is 0 Å². The standard InChI is InChI=1S/C17H14N4O/c18-8-10-5-6-14(19-9-10)20-17(22)21-16-13-7-11-3-1-2-4-12(11)15(13)16/h1-6,9,13,15-16H,7H2,(H2,19,20,21,22)/t13-,15+,16-/m1/s1. The van der Waals surface area contributed by atoms with E-state index in [1.54, 1.807) is 12.1 Å². The predicted octanol–water partition coefficient (Wildman–Crippen LogP) is 2.41. The number of benzene rings is 1. The van der Waals surface area contributed by atoms with E-state index in [-0.39, 0.29) is 12.1 Å². The second kappa shape index (κ2) is 4.85. The molecule has 1 fully saturated rings. The van der Waals surface area contributed by atoms with Crippen LogP contribution in [0.3, 0.4) is 0 Å². The molecule has 2 aliphatic rings. The van der Waals surface area contributed by atoms with Gasteiger partial charge in [0.25, 0.3) is 0 Å². The first-order valence-electron chi connectivity index (χ1n) is 7.28. The minimum absolute atomic E-state index is 0.216. The van der Waals surface area contributed by atoms with Gasteiger partial charge in [-0.15, -0.1) is 0 Å². The zero-order valence-electron chi connectivity index (χ0n) is 11.8. The number of hydrogen-bond acceptors (Lipinski definition) is 3. The molecule has 0 radical (unpaired) electrons. The fourth-order valence-corrected chi connectivity index (χ4v) is 3.39. The summed E-state index contributed by atoms with van der Waals surface area (Å²) in [5, 5.41) is 14.4. The Morgan fingerprint density at radius 1 is 1.27 bits per heavy atom. The molecule has 3 atom stereocenters. The van der Waals surface area contributed by atoms with Crippen molar-refractivity contribution < 1.29 is 4.79 Å². The average molecular weight is 290 g/mol. The van der Waals surface area contributed by atoms with E-state index >= 15 is 0 Å². The molecular weight excluding hydrogens is 276 g/mol. The zero-order chi connectivity index (χ0) is 15.1. The Morgan fingerprint density at radius 3 is 2.91 bits per heavy atom. The number of nitrogens with zero attached hydrogens (tertiary/aromatic N) is 2. The van der Waals surface area contributed by atoms with E-state index in [9.17, 15) is 4.79 Å². The van der Waals surface area contributed by atoms with Gasteiger partial charge >= 0.3 is 6.03 Å². The molecule has 4 rings (SSSR count). The molecule has 108 valence electrons. The largest absolute Gasteiger partial charge is 0.334 e. The highest BCUT2D eigenvalue weighted by Crippen LogP contribution is 2.56. The van der Waals surface area contributed by atoms with Crippen molar-refractivity contribution in [2.24, 2.45) is 5.92 Å². The molecule has 5 nitrogen and oxygen atoms in total. The van der Waals surface area contributed by atoms with Crippen LogP contribution in [0.25, 0.3) is 0 Å². The SMILES string of the molecule is N#Cc1ccc(NC(=O)N[C@@H]2[C@@H]3Cc4ccccc4[C@@H]32)nc1. The van der Waals surface area contributed by atoms with Gasteiger partial charge in [-0.3, -0.25) is 5.32 Å². The van der Waals surface area contributed by atoms with Gasteiger partial charge in [0, 0.05) is 18.2 Å². The van der Waals surface area contributed by atoms with E-state index in [4.69, 9.17) is 5.26 Å². The monoisotopic (exact) mass is 290 g/mol. The van der Waals surface area contributed by atoms with Gasteiger partial charge in [0.05, 0.1) is 5.56 Å². The molecule has 1 aromatic heterocycles. The third-order valence-corrected chi connectivity index (χ3v) is 4.47. The fourth-order valence-electron chi connectivity index (χ4n) is 3.39. The van der Waals surface area contributed by atoms with Crippen molar-refractivity contribution in [2.75, 3.05) is 5.32 Å². The van der Waals surface area contributed by atoms with Crippen molar-refractivity contribution in [1.29, 1.82) is 5.26 Å². The number of pyridine rings is 1. The lowest BCUT2D eigenvalue weighted by Crippen LogP contribution is -2.33. The first-order valence-corrected chi connectivity index (χ1v) is 7.28. The van der Waals surface area contributed by atoms with Crippen LogP contribution in [-0.4, -0.2) is 17.1 Å². The zero-order valence-corrected chi connectivity index (χ0v) is 11.8. The molecule has 2 N–H and O–H groups in total. The van der Waals surface area contributed by atoms with Gasteiger partial charge in [-0.25, -0.2) is 9.78 Å². The molecule has 0 unspecified atom stereocenters. The number of nitriles is 1. The maximum absolute atomic E-state index is 12.0. The van der Waals surface area contributed by atoms with Crippen LogP contribution in [0.15, 0.2) is 42.6 Å². The highest BCUT2D eigenvalue weighted by molar-refractivity contribution is 5.89. The second-order valence-electron chi connectivity index (χ2n) is 5.76. The maximum atomic E-state index is 12.0. The van der Waals surface area contributed by atoms with E-state index in [0.29, 0.717) is 23.2 Å². The first kappa shape index (κ1) is 12.8. The summed E-state index contributed by atoms with van der Waals surface area (Å²) in [7, 11) is 0. The molecule has 2 aliphatic carbocycles. The number of carbonyl (C=O) groups is 1. The van der Waals surface area contributed by atoms with E-state index in [1.807, 2.05) is 6.07 Å². The Morgan fingerprint density at radius 2 is 2.14 bits per heavy atom. The van der Waals surface area contributed by atoms with E-state index < -0.39 is 0 Å². The van der Waals surface area contributed by atoms with Gasteiger partial charge < -0.3 is 5.32 Å². The van der Waals surface area contributed by atoms with Crippen molar-refractivity contribution in [1.82, 2.24) is 10.3 Å². The molecule has 0 bridgehead atoms. The molecule has 0 aliphatic heterocycles. The molecule has 1 aromatic carbocycles. The van der Waals surface area contributed by atoms with Crippen LogP contribution in [-0.2, 0) is 6.42 Å². The van der Waals surface area contributed by atoms with Crippen LogP contribution >= 0.6 is 0 Å². The van der Waals surface area contributed by atoms with Crippen LogP contribution in [0.5, 0.6) is 0 Å². The summed E-state index contributed by atoms with van der Waals surface area (Å²) < 4.78 is 0. The fraction of sp³-hybridized carbons (Fsp3) is 0.235. The van der Waals surface area contributed by atoms with E-state index in [1.165, 1.54) is 17.3 Å². The highest BCUT2D eigenvalue weighted by Gasteiger charge is 2.56. The van der Waals surface area contributed by atoms with Crippen molar-refractivity contribution >= 4 is 11.8 Å². The third-order valence-electron chi connectivity index (χ3n) is 4.47. The van der Waals surface area contributed by atoms with Gasteiger partial charge in [0.1, 0.15) is 11.9 Å². The average Bonchev–Trinajstić information content (AvgIpc) is 3.05. The van der Waals surface area contributed by atoms with Crippen LogP contribution in [0.4, 0.5) is 10.6 Å². The van der Waals surface area contributed by atoms with Gasteiger partial charge in [-0.2, -0.15) is 5.26 Å². The quantitative estimate of drug-likeness (QED) is 0.891. The lowest BCUT2D eigenvalue weighted by molar-refractivity contribution is 0.251. The number of aromatic nitrogens is 1. The van der Waals surface area contributed by atoms with Crippen LogP contribution in [0.1, 0.15) is 22.6 Å². The molecule has 5 heteroatoms. The lowest BCUT2D eigenvalue weighted by Gasteiger charge is -2.10. The Labute approximate surface area is 128 Å². The topological polar surface area (TPSA) is 77.8 Å². The summed E-state index contributed by atoms with van der Waals surface area (Å²) in [5.41, 5.74) is 3.25. The summed E-state index contributed by atoms with van der Waals surface area (Å²) >= 11 is 0. The smallest absolute Gasteiger partial charge is 0.320 e. The lowest BCUT2D eigenvalue weighted by atomic mass is 10.1. The number of nitrogens with one attached hydrogen (secondary N) is 2. The molecule has 22 heavy (non-hydrogen) atoms. The summed E-state index contributed by atoms with van der Waals surface area (Å²) in [6.07, 6.45) is 2.48. The molecule has 1 heterocycles. The van der Waals surface area contributed by atoms with Crippen molar-refractivity contribution in [2.45, 2.75) is 18.4 Å². The number of fused-ring (bicyclic) bond motifs is 3. The Balaban J connectivity index is 1.38. The van der Waals surface area contributed by atoms with Crippen LogP contribution < -0.4 is 10.6 Å². The molecular formula is C17H14N4O.